The van der Waals surface area contributed by atoms with Crippen molar-refractivity contribution in [2.24, 2.45) is 0 Å². The molecule has 4 heteroatoms. The molecule has 2 fully saturated rings. The summed E-state index contributed by atoms with van der Waals surface area (Å²) in [6, 6.07) is 11.6. The second-order valence-corrected chi connectivity index (χ2v) is 6.86. The molecule has 2 aliphatic rings. The number of likely N-dealkylation sites (tertiary alicyclic amines) is 1. The fraction of sp³-hybridized carbons (Fsp3) is 0.611. The molecule has 1 aromatic carbocycles. The molecule has 22 heavy (non-hydrogen) atoms. The highest BCUT2D eigenvalue weighted by atomic mass is 15.2. The predicted octanol–water partition coefficient (Wildman–Crippen LogP) is 3.08. The molecule has 0 radical (unpaired) electrons. The zero-order chi connectivity index (χ0) is 15.6. The second kappa shape index (κ2) is 6.18. The largest absolute Gasteiger partial charge is 0.372 e. The van der Waals surface area contributed by atoms with E-state index in [2.05, 4.69) is 59.5 Å². The third-order valence-corrected chi connectivity index (χ3v) is 5.32. The number of nitriles is 1. The van der Waals surface area contributed by atoms with Crippen LogP contribution in [0.25, 0.3) is 0 Å². The van der Waals surface area contributed by atoms with E-state index in [0.29, 0.717) is 6.04 Å². The molecule has 0 unspecified atom stereocenters. The van der Waals surface area contributed by atoms with Crippen molar-refractivity contribution in [3.05, 3.63) is 24.3 Å². The predicted molar refractivity (Wildman–Crippen MR) is 91.2 cm³/mol. The van der Waals surface area contributed by atoms with Gasteiger partial charge < -0.3 is 15.1 Å². The highest BCUT2D eigenvalue weighted by Gasteiger charge is 2.36. The number of benzene rings is 1. The smallest absolute Gasteiger partial charge is 0.125 e. The Morgan fingerprint density at radius 2 is 1.86 bits per heavy atom. The molecule has 1 saturated heterocycles. The molecule has 0 amide bonds. The van der Waals surface area contributed by atoms with Crippen molar-refractivity contribution in [2.75, 3.05) is 37.4 Å². The van der Waals surface area contributed by atoms with Crippen molar-refractivity contribution < 1.29 is 0 Å². The van der Waals surface area contributed by atoms with Crippen LogP contribution in [0, 0.1) is 11.3 Å². The van der Waals surface area contributed by atoms with Crippen LogP contribution in [0.2, 0.25) is 0 Å². The van der Waals surface area contributed by atoms with E-state index in [9.17, 15) is 5.26 Å². The van der Waals surface area contributed by atoms with Crippen LogP contribution < -0.4 is 10.2 Å². The maximum atomic E-state index is 9.31. The summed E-state index contributed by atoms with van der Waals surface area (Å²) in [6.07, 6.45) is 5.52. The van der Waals surface area contributed by atoms with Crippen LogP contribution in [0.1, 0.15) is 32.1 Å². The van der Waals surface area contributed by atoms with Crippen LogP contribution in [0.15, 0.2) is 24.3 Å². The lowest BCUT2D eigenvalue weighted by atomic mass is 9.78. The average molecular weight is 298 g/mol. The maximum absolute atomic E-state index is 9.31. The van der Waals surface area contributed by atoms with Crippen LogP contribution in [0.4, 0.5) is 11.4 Å². The maximum Gasteiger partial charge on any atom is 0.125 e. The molecule has 1 heterocycles. The number of rotatable bonds is 4. The zero-order valence-electron chi connectivity index (χ0n) is 13.7. The molecule has 3 rings (SSSR count). The number of nitrogens with one attached hydrogen (secondary N) is 1. The van der Waals surface area contributed by atoms with Crippen molar-refractivity contribution in [2.45, 2.75) is 43.7 Å². The molecule has 1 aliphatic heterocycles. The van der Waals surface area contributed by atoms with Crippen LogP contribution in [0.3, 0.4) is 0 Å². The first-order valence-corrected chi connectivity index (χ1v) is 8.33. The van der Waals surface area contributed by atoms with E-state index in [-0.39, 0.29) is 5.54 Å². The van der Waals surface area contributed by atoms with Gasteiger partial charge in [0.1, 0.15) is 5.54 Å². The lowest BCUT2D eigenvalue weighted by molar-refractivity contribution is 0.253. The summed E-state index contributed by atoms with van der Waals surface area (Å²) in [6.45, 7) is 2.36. The molecule has 0 spiro atoms. The Kier molecular flexibility index (Phi) is 4.26. The third kappa shape index (κ3) is 3.05. The molecule has 0 atom stereocenters. The first-order valence-electron chi connectivity index (χ1n) is 8.33. The van der Waals surface area contributed by atoms with Gasteiger partial charge in [-0.3, -0.25) is 0 Å². The molecule has 1 aromatic rings. The van der Waals surface area contributed by atoms with Gasteiger partial charge in [0.15, 0.2) is 0 Å². The monoisotopic (exact) mass is 298 g/mol. The van der Waals surface area contributed by atoms with Gasteiger partial charge in [0.05, 0.1) is 6.07 Å². The van der Waals surface area contributed by atoms with Gasteiger partial charge in [-0.05, 0) is 76.5 Å². The highest BCUT2D eigenvalue weighted by molar-refractivity contribution is 5.57. The average Bonchev–Trinajstić information content (AvgIpc) is 2.52. The zero-order valence-corrected chi connectivity index (χ0v) is 13.7. The summed E-state index contributed by atoms with van der Waals surface area (Å²) >= 11 is 0. The van der Waals surface area contributed by atoms with Gasteiger partial charge in [0, 0.05) is 24.5 Å². The van der Waals surface area contributed by atoms with Crippen molar-refractivity contribution in [3.8, 4) is 6.07 Å². The molecule has 1 N–H and O–H groups in total. The number of anilines is 2. The van der Waals surface area contributed by atoms with Crippen LogP contribution in [-0.2, 0) is 0 Å². The summed E-state index contributed by atoms with van der Waals surface area (Å²) in [5.41, 5.74) is 2.00. The molecule has 4 nitrogen and oxygen atoms in total. The topological polar surface area (TPSA) is 42.3 Å². The van der Waals surface area contributed by atoms with Gasteiger partial charge >= 0.3 is 0 Å². The minimum absolute atomic E-state index is 0.318. The van der Waals surface area contributed by atoms with Crippen LogP contribution >= 0.6 is 0 Å². The van der Waals surface area contributed by atoms with Crippen molar-refractivity contribution in [1.29, 1.82) is 5.26 Å². The minimum Gasteiger partial charge on any atom is -0.372 e. The Hall–Kier alpha value is -1.73. The minimum atomic E-state index is -0.318. The van der Waals surface area contributed by atoms with Gasteiger partial charge in [-0.2, -0.15) is 5.26 Å². The van der Waals surface area contributed by atoms with Crippen LogP contribution in [0.5, 0.6) is 0 Å². The van der Waals surface area contributed by atoms with Gasteiger partial charge in [-0.1, -0.05) is 0 Å². The van der Waals surface area contributed by atoms with E-state index in [0.717, 1.165) is 24.9 Å². The van der Waals surface area contributed by atoms with Crippen molar-refractivity contribution in [3.63, 3.8) is 0 Å². The Morgan fingerprint density at radius 3 is 2.36 bits per heavy atom. The summed E-state index contributed by atoms with van der Waals surface area (Å²) in [5.74, 6) is 0. The Balaban J connectivity index is 1.62. The molecular weight excluding hydrogens is 272 g/mol. The molecule has 1 saturated carbocycles. The van der Waals surface area contributed by atoms with Crippen LogP contribution in [-0.4, -0.2) is 43.7 Å². The molecular formula is C18H26N4. The fourth-order valence-electron chi connectivity index (χ4n) is 3.44. The van der Waals surface area contributed by atoms with Gasteiger partial charge in [-0.25, -0.2) is 0 Å². The number of hydrogen-bond acceptors (Lipinski definition) is 4. The number of hydrogen-bond donors (Lipinski definition) is 1. The summed E-state index contributed by atoms with van der Waals surface area (Å²) < 4.78 is 0. The Bertz CT molecular complexity index is 533. The van der Waals surface area contributed by atoms with Gasteiger partial charge in [0.2, 0.25) is 0 Å². The fourth-order valence-corrected chi connectivity index (χ4v) is 3.44. The molecule has 0 bridgehead atoms. The van der Waals surface area contributed by atoms with Gasteiger partial charge in [-0.15, -0.1) is 0 Å². The SMILES string of the molecule is CN1CCC(N(C)c2ccc(NC3(C#N)CCC3)cc2)CC1. The van der Waals surface area contributed by atoms with Crippen molar-refractivity contribution in [1.82, 2.24) is 4.90 Å². The standard InChI is InChI=1S/C18H26N4/c1-21-12-8-17(9-13-21)22(2)16-6-4-15(5-7-16)20-18(14-19)10-3-11-18/h4-7,17,20H,3,8-13H2,1-2H3. The Labute approximate surface area is 133 Å². The summed E-state index contributed by atoms with van der Waals surface area (Å²) in [7, 11) is 4.39. The normalized spacial score (nSPS) is 21.7. The van der Waals surface area contributed by atoms with E-state index < -0.39 is 0 Å². The Morgan fingerprint density at radius 1 is 1.23 bits per heavy atom. The van der Waals surface area contributed by atoms with E-state index in [1.54, 1.807) is 0 Å². The first-order chi connectivity index (χ1) is 10.6. The second-order valence-electron chi connectivity index (χ2n) is 6.86. The van der Waals surface area contributed by atoms with Gasteiger partial charge in [0.25, 0.3) is 0 Å². The lowest BCUT2D eigenvalue weighted by Crippen LogP contribution is -2.43. The van der Waals surface area contributed by atoms with Crippen molar-refractivity contribution >= 4 is 11.4 Å². The highest BCUT2D eigenvalue weighted by Crippen LogP contribution is 2.35. The molecule has 1 aliphatic carbocycles. The first kappa shape index (κ1) is 15.2. The lowest BCUT2D eigenvalue weighted by Gasteiger charge is -2.37. The number of nitrogens with zero attached hydrogens (tertiary/aromatic N) is 3. The molecule has 118 valence electrons. The quantitative estimate of drug-likeness (QED) is 0.927. The number of piperidine rings is 1. The van der Waals surface area contributed by atoms with E-state index in [1.807, 2.05) is 0 Å². The van der Waals surface area contributed by atoms with E-state index in [1.165, 1.54) is 31.6 Å². The molecule has 0 aromatic heterocycles. The van der Waals surface area contributed by atoms with E-state index >= 15 is 0 Å². The summed E-state index contributed by atoms with van der Waals surface area (Å²) in [4.78, 5) is 4.80. The summed E-state index contributed by atoms with van der Waals surface area (Å²) in [5, 5.41) is 12.7. The third-order valence-electron chi connectivity index (χ3n) is 5.32. The van der Waals surface area contributed by atoms with E-state index in [4.69, 9.17) is 0 Å².